The van der Waals surface area contributed by atoms with Crippen LogP contribution in [0.4, 0.5) is 0 Å². The fourth-order valence-corrected chi connectivity index (χ4v) is 6.56. The Bertz CT molecular complexity index is 1700. The maximum atomic E-state index is 13.6. The summed E-state index contributed by atoms with van der Waals surface area (Å²) in [5.74, 6) is 0.834. The van der Waals surface area contributed by atoms with Crippen LogP contribution in [0.25, 0.3) is 16.8 Å². The predicted octanol–water partition coefficient (Wildman–Crippen LogP) is 3.93. The number of hydrogen-bond acceptors (Lipinski definition) is 6. The first-order valence-electron chi connectivity index (χ1n) is 11.1. The SMILES string of the molecule is Cc1ccccc1S(=O)(=O)c1nc2[nH]ccc2n2c([C@@H]3CC[C@H](n4ccc(C#N)c4)C3)nnc12. The van der Waals surface area contributed by atoms with Crippen LogP contribution < -0.4 is 0 Å². The molecule has 0 bridgehead atoms. The van der Waals surface area contributed by atoms with Crippen LogP contribution in [0.1, 0.15) is 48.2 Å². The number of rotatable bonds is 4. The van der Waals surface area contributed by atoms with E-state index in [0.29, 0.717) is 16.8 Å². The molecule has 1 aromatic carbocycles. The highest BCUT2D eigenvalue weighted by atomic mass is 32.2. The number of aromatic amines is 1. The first-order valence-corrected chi connectivity index (χ1v) is 12.6. The largest absolute Gasteiger partial charge is 0.350 e. The molecule has 5 aromatic rings. The van der Waals surface area contributed by atoms with E-state index in [1.807, 2.05) is 35.0 Å². The third-order valence-corrected chi connectivity index (χ3v) is 8.53. The number of aryl methyl sites for hydroxylation is 1. The topological polar surface area (TPSA) is 122 Å². The van der Waals surface area contributed by atoms with Crippen LogP contribution in [0.2, 0.25) is 0 Å². The molecule has 0 amide bonds. The Balaban J connectivity index is 1.48. The Morgan fingerprint density at radius 1 is 1.15 bits per heavy atom. The number of sulfone groups is 1. The molecule has 1 N–H and O–H groups in total. The number of nitrogens with one attached hydrogen (secondary N) is 1. The van der Waals surface area contributed by atoms with Crippen LogP contribution in [0.5, 0.6) is 0 Å². The van der Waals surface area contributed by atoms with Gasteiger partial charge >= 0.3 is 0 Å². The van der Waals surface area contributed by atoms with Crippen molar-refractivity contribution in [3.63, 3.8) is 0 Å². The van der Waals surface area contributed by atoms with Crippen molar-refractivity contribution < 1.29 is 8.42 Å². The summed E-state index contributed by atoms with van der Waals surface area (Å²) < 4.78 is 31.2. The van der Waals surface area contributed by atoms with Crippen LogP contribution in [0.3, 0.4) is 0 Å². The maximum Gasteiger partial charge on any atom is 0.228 e. The average Bonchev–Trinajstić information content (AvgIpc) is 3.63. The summed E-state index contributed by atoms with van der Waals surface area (Å²) in [4.78, 5) is 7.73. The van der Waals surface area contributed by atoms with E-state index >= 15 is 0 Å². The number of H-pyrrole nitrogens is 1. The van der Waals surface area contributed by atoms with Crippen molar-refractivity contribution in [1.82, 2.24) is 29.1 Å². The lowest BCUT2D eigenvalue weighted by atomic mass is 10.1. The predicted molar refractivity (Wildman–Crippen MR) is 124 cm³/mol. The summed E-state index contributed by atoms with van der Waals surface area (Å²) in [6, 6.07) is 13.0. The lowest BCUT2D eigenvalue weighted by molar-refractivity contribution is 0.508. The molecule has 1 saturated carbocycles. The van der Waals surface area contributed by atoms with Gasteiger partial charge in [0.2, 0.25) is 14.9 Å². The number of hydrogen-bond donors (Lipinski definition) is 1. The summed E-state index contributed by atoms with van der Waals surface area (Å²) in [5.41, 5.74) is 2.74. The van der Waals surface area contributed by atoms with E-state index in [1.54, 1.807) is 31.3 Å². The van der Waals surface area contributed by atoms with Crippen LogP contribution in [-0.4, -0.2) is 37.6 Å². The fraction of sp³-hybridized carbons (Fsp3) is 0.250. The first kappa shape index (κ1) is 20.6. The molecule has 0 saturated heterocycles. The molecular weight excluding hydrogens is 450 g/mol. The highest BCUT2D eigenvalue weighted by molar-refractivity contribution is 7.91. The van der Waals surface area contributed by atoms with Gasteiger partial charge in [-0.1, -0.05) is 18.2 Å². The van der Waals surface area contributed by atoms with Gasteiger partial charge in [-0.3, -0.25) is 4.40 Å². The molecule has 4 heterocycles. The number of fused-ring (bicyclic) bond motifs is 3. The summed E-state index contributed by atoms with van der Waals surface area (Å²) >= 11 is 0. The molecular formula is C24H21N7O2S. The van der Waals surface area contributed by atoms with Crippen molar-refractivity contribution in [3.8, 4) is 6.07 Å². The van der Waals surface area contributed by atoms with Gasteiger partial charge in [0.05, 0.1) is 16.0 Å². The van der Waals surface area contributed by atoms with Crippen LogP contribution in [0, 0.1) is 18.3 Å². The summed E-state index contributed by atoms with van der Waals surface area (Å²) in [6.45, 7) is 1.77. The highest BCUT2D eigenvalue weighted by Gasteiger charge is 2.33. The van der Waals surface area contributed by atoms with Crippen molar-refractivity contribution in [2.24, 2.45) is 0 Å². The van der Waals surface area contributed by atoms with Gasteiger partial charge in [0, 0.05) is 30.6 Å². The monoisotopic (exact) mass is 471 g/mol. The zero-order valence-corrected chi connectivity index (χ0v) is 19.2. The molecule has 170 valence electrons. The van der Waals surface area contributed by atoms with Crippen molar-refractivity contribution in [3.05, 3.63) is 71.9 Å². The van der Waals surface area contributed by atoms with Gasteiger partial charge in [-0.05, 0) is 49.9 Å². The number of benzene rings is 1. The minimum absolute atomic E-state index is 0.0995. The molecule has 0 radical (unpaired) electrons. The van der Waals surface area contributed by atoms with Crippen LogP contribution in [0.15, 0.2) is 64.9 Å². The Morgan fingerprint density at radius 3 is 2.79 bits per heavy atom. The molecule has 6 rings (SSSR count). The van der Waals surface area contributed by atoms with E-state index in [1.165, 1.54) is 0 Å². The van der Waals surface area contributed by atoms with Gasteiger partial charge in [-0.15, -0.1) is 10.2 Å². The van der Waals surface area contributed by atoms with E-state index in [4.69, 9.17) is 5.26 Å². The minimum atomic E-state index is -3.92. The van der Waals surface area contributed by atoms with Gasteiger partial charge in [0.25, 0.3) is 0 Å². The normalized spacial score (nSPS) is 18.6. The van der Waals surface area contributed by atoms with Crippen LogP contribution >= 0.6 is 0 Å². The molecule has 0 spiro atoms. The van der Waals surface area contributed by atoms with Gasteiger partial charge in [0.1, 0.15) is 11.9 Å². The molecule has 0 unspecified atom stereocenters. The molecule has 34 heavy (non-hydrogen) atoms. The van der Waals surface area contributed by atoms with E-state index in [2.05, 4.69) is 30.8 Å². The second-order valence-electron chi connectivity index (χ2n) is 8.74. The first-order chi connectivity index (χ1) is 16.5. The zero-order valence-electron chi connectivity index (χ0n) is 18.4. The number of nitrogens with zero attached hydrogens (tertiary/aromatic N) is 6. The molecule has 1 aliphatic carbocycles. The molecule has 1 fully saturated rings. The zero-order chi connectivity index (χ0) is 23.4. The second kappa shape index (κ2) is 7.53. The van der Waals surface area contributed by atoms with Crippen molar-refractivity contribution in [2.75, 3.05) is 0 Å². The lowest BCUT2D eigenvalue weighted by Crippen LogP contribution is -2.11. The summed E-state index contributed by atoms with van der Waals surface area (Å²) in [7, 11) is -3.92. The quantitative estimate of drug-likeness (QED) is 0.424. The Hall–Kier alpha value is -3.97. The third-order valence-electron chi connectivity index (χ3n) is 6.71. The fourth-order valence-electron chi connectivity index (χ4n) is 5.02. The molecule has 0 aliphatic heterocycles. The van der Waals surface area contributed by atoms with Gasteiger partial charge in [0.15, 0.2) is 11.3 Å². The summed E-state index contributed by atoms with van der Waals surface area (Å²) in [5, 5.41) is 17.9. The lowest BCUT2D eigenvalue weighted by Gasteiger charge is -2.13. The van der Waals surface area contributed by atoms with Crippen molar-refractivity contribution >= 4 is 26.6 Å². The molecule has 10 heteroatoms. The third kappa shape index (κ3) is 3.04. The van der Waals surface area contributed by atoms with E-state index in [9.17, 15) is 8.42 Å². The standard InChI is InChI=1S/C24H21N7O2S/c1-15-4-2-3-5-20(15)34(32,33)24-23-29-28-22(31(23)19-8-10-26-21(19)27-24)17-6-7-18(12-17)30-11-9-16(13-25)14-30/h2-5,8-11,14,17-18,26H,6-7,12H2,1H3/t17-,18+/m1/s1. The summed E-state index contributed by atoms with van der Waals surface area (Å²) in [6.07, 6.45) is 8.21. The highest BCUT2D eigenvalue weighted by Crippen LogP contribution is 2.41. The van der Waals surface area contributed by atoms with E-state index in [0.717, 1.165) is 30.6 Å². The number of aromatic nitrogens is 6. The Morgan fingerprint density at radius 2 is 2.00 bits per heavy atom. The minimum Gasteiger partial charge on any atom is -0.350 e. The van der Waals surface area contributed by atoms with Crippen molar-refractivity contribution in [1.29, 1.82) is 5.26 Å². The van der Waals surface area contributed by atoms with Gasteiger partial charge in [-0.2, -0.15) is 5.26 Å². The molecule has 4 aromatic heterocycles. The van der Waals surface area contributed by atoms with Gasteiger partial charge < -0.3 is 9.55 Å². The maximum absolute atomic E-state index is 13.6. The van der Waals surface area contributed by atoms with Crippen molar-refractivity contribution in [2.45, 2.75) is 48.1 Å². The number of nitriles is 1. The van der Waals surface area contributed by atoms with E-state index < -0.39 is 9.84 Å². The van der Waals surface area contributed by atoms with E-state index in [-0.39, 0.29) is 27.5 Å². The smallest absolute Gasteiger partial charge is 0.228 e. The molecule has 1 aliphatic rings. The van der Waals surface area contributed by atoms with Gasteiger partial charge in [-0.25, -0.2) is 13.4 Å². The second-order valence-corrected chi connectivity index (χ2v) is 10.6. The van der Waals surface area contributed by atoms with Crippen LogP contribution in [-0.2, 0) is 9.84 Å². The average molecular weight is 472 g/mol. The Kier molecular flexibility index (Phi) is 4.57. The Labute approximate surface area is 195 Å². The molecule has 2 atom stereocenters. The molecule has 9 nitrogen and oxygen atoms in total.